The molecule has 0 aliphatic rings. The van der Waals surface area contributed by atoms with Crippen LogP contribution in [0.1, 0.15) is 43.9 Å². The first-order valence-corrected chi connectivity index (χ1v) is 6.79. The molecule has 0 amide bonds. The summed E-state index contributed by atoms with van der Waals surface area (Å²) in [5.41, 5.74) is 2.94. The largest absolute Gasteiger partial charge is 0.379 e. The van der Waals surface area contributed by atoms with Gasteiger partial charge in [0.2, 0.25) is 0 Å². The Hall–Kier alpha value is -1.90. The van der Waals surface area contributed by atoms with Crippen molar-refractivity contribution in [3.8, 4) is 0 Å². The van der Waals surface area contributed by atoms with Crippen LogP contribution in [0.15, 0.2) is 42.5 Å². The second kappa shape index (κ2) is 6.04. The summed E-state index contributed by atoms with van der Waals surface area (Å²) in [5.74, 6) is -1.18. The van der Waals surface area contributed by atoms with Crippen LogP contribution in [-0.2, 0) is 0 Å². The average Bonchev–Trinajstić information content (AvgIpc) is 2.42. The zero-order valence-corrected chi connectivity index (χ0v) is 12.0. The van der Waals surface area contributed by atoms with Crippen molar-refractivity contribution in [2.24, 2.45) is 0 Å². The van der Waals surface area contributed by atoms with E-state index >= 15 is 0 Å². The maximum absolute atomic E-state index is 13.2. The number of nitrogens with one attached hydrogen (secondary N) is 1. The number of benzene rings is 2. The SMILES string of the molecule is CC(C)c1cccc(NC(C)c2ccc(F)c(F)c2)c1. The molecule has 3 heteroatoms. The maximum atomic E-state index is 13.2. The molecule has 1 atom stereocenters. The lowest BCUT2D eigenvalue weighted by Gasteiger charge is -2.17. The molecule has 1 nitrogen and oxygen atoms in total. The van der Waals surface area contributed by atoms with Crippen molar-refractivity contribution in [1.82, 2.24) is 0 Å². The summed E-state index contributed by atoms with van der Waals surface area (Å²) >= 11 is 0. The van der Waals surface area contributed by atoms with Crippen molar-refractivity contribution >= 4 is 5.69 Å². The minimum atomic E-state index is -0.817. The highest BCUT2D eigenvalue weighted by Gasteiger charge is 2.09. The highest BCUT2D eigenvalue weighted by Crippen LogP contribution is 2.23. The summed E-state index contributed by atoms with van der Waals surface area (Å²) in [7, 11) is 0. The van der Waals surface area contributed by atoms with Crippen LogP contribution in [0.25, 0.3) is 0 Å². The Kier molecular flexibility index (Phi) is 4.38. The van der Waals surface area contributed by atoms with Crippen LogP contribution in [0.2, 0.25) is 0 Å². The predicted molar refractivity (Wildman–Crippen MR) is 78.9 cm³/mol. The van der Waals surface area contributed by atoms with Crippen LogP contribution >= 0.6 is 0 Å². The van der Waals surface area contributed by atoms with E-state index in [4.69, 9.17) is 0 Å². The molecular weight excluding hydrogens is 256 g/mol. The summed E-state index contributed by atoms with van der Waals surface area (Å²) in [6.45, 7) is 6.20. The van der Waals surface area contributed by atoms with Crippen molar-refractivity contribution in [3.05, 3.63) is 65.2 Å². The molecule has 0 spiro atoms. The van der Waals surface area contributed by atoms with E-state index in [-0.39, 0.29) is 6.04 Å². The monoisotopic (exact) mass is 275 g/mol. The van der Waals surface area contributed by atoms with E-state index in [9.17, 15) is 8.78 Å². The second-order valence-corrected chi connectivity index (χ2v) is 5.32. The number of hydrogen-bond donors (Lipinski definition) is 1. The maximum Gasteiger partial charge on any atom is 0.159 e. The van der Waals surface area contributed by atoms with E-state index in [2.05, 4.69) is 31.3 Å². The molecule has 2 rings (SSSR count). The Morgan fingerprint density at radius 1 is 0.850 bits per heavy atom. The third-order valence-electron chi connectivity index (χ3n) is 3.38. The van der Waals surface area contributed by atoms with Gasteiger partial charge in [0.25, 0.3) is 0 Å². The van der Waals surface area contributed by atoms with Crippen LogP contribution in [0.4, 0.5) is 14.5 Å². The molecule has 0 radical (unpaired) electrons. The third kappa shape index (κ3) is 3.35. The highest BCUT2D eigenvalue weighted by atomic mass is 19.2. The molecule has 0 heterocycles. The molecule has 20 heavy (non-hydrogen) atoms. The number of rotatable bonds is 4. The third-order valence-corrected chi connectivity index (χ3v) is 3.38. The van der Waals surface area contributed by atoms with Crippen molar-refractivity contribution in [1.29, 1.82) is 0 Å². The van der Waals surface area contributed by atoms with Gasteiger partial charge in [-0.2, -0.15) is 0 Å². The standard InChI is InChI=1S/C17H19F2N/c1-11(2)13-5-4-6-15(9-13)20-12(3)14-7-8-16(18)17(19)10-14/h4-12,20H,1-3H3. The van der Waals surface area contributed by atoms with E-state index in [1.54, 1.807) is 6.07 Å². The summed E-state index contributed by atoms with van der Waals surface area (Å²) in [6.07, 6.45) is 0. The van der Waals surface area contributed by atoms with E-state index in [0.29, 0.717) is 5.92 Å². The molecule has 2 aromatic rings. The molecule has 106 valence electrons. The van der Waals surface area contributed by atoms with Crippen LogP contribution in [0.3, 0.4) is 0 Å². The molecule has 1 N–H and O–H groups in total. The van der Waals surface area contributed by atoms with Gasteiger partial charge in [0.1, 0.15) is 0 Å². The first-order valence-electron chi connectivity index (χ1n) is 6.79. The van der Waals surface area contributed by atoms with Gasteiger partial charge in [-0.15, -0.1) is 0 Å². The zero-order chi connectivity index (χ0) is 14.7. The first-order chi connectivity index (χ1) is 9.47. The molecule has 1 unspecified atom stereocenters. The lowest BCUT2D eigenvalue weighted by atomic mass is 10.0. The van der Waals surface area contributed by atoms with Gasteiger partial charge in [-0.05, 0) is 48.2 Å². The molecule has 0 saturated carbocycles. The molecule has 0 fully saturated rings. The second-order valence-electron chi connectivity index (χ2n) is 5.32. The van der Waals surface area contributed by atoms with Gasteiger partial charge in [0.05, 0.1) is 0 Å². The summed E-state index contributed by atoms with van der Waals surface area (Å²) in [6, 6.07) is 12.0. The van der Waals surface area contributed by atoms with E-state index in [1.165, 1.54) is 11.6 Å². The Morgan fingerprint density at radius 2 is 1.60 bits per heavy atom. The number of anilines is 1. The fraction of sp³-hybridized carbons (Fsp3) is 0.294. The summed E-state index contributed by atoms with van der Waals surface area (Å²) in [5, 5.41) is 3.31. The van der Waals surface area contributed by atoms with E-state index in [0.717, 1.165) is 17.3 Å². The van der Waals surface area contributed by atoms with Gasteiger partial charge in [0.15, 0.2) is 11.6 Å². The Labute approximate surface area is 118 Å². The van der Waals surface area contributed by atoms with Crippen LogP contribution in [-0.4, -0.2) is 0 Å². The van der Waals surface area contributed by atoms with Gasteiger partial charge >= 0.3 is 0 Å². The highest BCUT2D eigenvalue weighted by molar-refractivity contribution is 5.48. The fourth-order valence-corrected chi connectivity index (χ4v) is 2.10. The van der Waals surface area contributed by atoms with Crippen LogP contribution in [0, 0.1) is 11.6 Å². The zero-order valence-electron chi connectivity index (χ0n) is 12.0. The number of halogens is 2. The van der Waals surface area contributed by atoms with Crippen LogP contribution < -0.4 is 5.32 Å². The Bertz CT molecular complexity index is 593. The predicted octanol–water partition coefficient (Wildman–Crippen LogP) is 5.26. The van der Waals surface area contributed by atoms with Gasteiger partial charge in [-0.3, -0.25) is 0 Å². The molecule has 0 saturated heterocycles. The summed E-state index contributed by atoms with van der Waals surface area (Å²) < 4.78 is 26.2. The normalized spacial score (nSPS) is 12.5. The smallest absolute Gasteiger partial charge is 0.159 e. The quantitative estimate of drug-likeness (QED) is 0.802. The van der Waals surface area contributed by atoms with Gasteiger partial charge in [-0.25, -0.2) is 8.78 Å². The Balaban J connectivity index is 2.16. The van der Waals surface area contributed by atoms with E-state index < -0.39 is 11.6 Å². The summed E-state index contributed by atoms with van der Waals surface area (Å²) in [4.78, 5) is 0. The first kappa shape index (κ1) is 14.5. The minimum Gasteiger partial charge on any atom is -0.379 e. The lowest BCUT2D eigenvalue weighted by Crippen LogP contribution is -2.07. The molecule has 2 aromatic carbocycles. The van der Waals surface area contributed by atoms with Gasteiger partial charge in [-0.1, -0.05) is 32.0 Å². The topological polar surface area (TPSA) is 12.0 Å². The van der Waals surface area contributed by atoms with Gasteiger partial charge < -0.3 is 5.32 Å². The van der Waals surface area contributed by atoms with E-state index in [1.807, 2.05) is 19.1 Å². The van der Waals surface area contributed by atoms with Crippen LogP contribution in [0.5, 0.6) is 0 Å². The van der Waals surface area contributed by atoms with Crippen molar-refractivity contribution in [3.63, 3.8) is 0 Å². The molecule has 0 aliphatic carbocycles. The molecule has 0 aromatic heterocycles. The molecular formula is C17H19F2N. The van der Waals surface area contributed by atoms with Crippen molar-refractivity contribution < 1.29 is 8.78 Å². The molecule has 0 bridgehead atoms. The minimum absolute atomic E-state index is 0.0903. The fourth-order valence-electron chi connectivity index (χ4n) is 2.10. The van der Waals surface area contributed by atoms with Gasteiger partial charge in [0, 0.05) is 11.7 Å². The number of hydrogen-bond acceptors (Lipinski definition) is 1. The van der Waals surface area contributed by atoms with Crippen molar-refractivity contribution in [2.45, 2.75) is 32.7 Å². The average molecular weight is 275 g/mol. The molecule has 0 aliphatic heterocycles. The van der Waals surface area contributed by atoms with Crippen molar-refractivity contribution in [2.75, 3.05) is 5.32 Å². The lowest BCUT2D eigenvalue weighted by molar-refractivity contribution is 0.506. The Morgan fingerprint density at radius 3 is 2.25 bits per heavy atom.